The van der Waals surface area contributed by atoms with Gasteiger partial charge in [0.2, 0.25) is 0 Å². The second kappa shape index (κ2) is 6.08. The first-order valence-electron chi connectivity index (χ1n) is 5.56. The number of hydrogen-bond donors (Lipinski definition) is 1. The number of hydrogen-bond acceptors (Lipinski definition) is 5. The molecule has 0 bridgehead atoms. The van der Waals surface area contributed by atoms with E-state index in [-0.39, 0.29) is 21.4 Å². The third-order valence-corrected chi connectivity index (χ3v) is 4.59. The van der Waals surface area contributed by atoms with Gasteiger partial charge in [-0.3, -0.25) is 4.79 Å². The van der Waals surface area contributed by atoms with Crippen molar-refractivity contribution in [1.29, 1.82) is 0 Å². The summed E-state index contributed by atoms with van der Waals surface area (Å²) in [5, 5.41) is 2.53. The summed E-state index contributed by atoms with van der Waals surface area (Å²) < 4.78 is 23.7. The van der Waals surface area contributed by atoms with Crippen LogP contribution in [0.25, 0.3) is 0 Å². The molecule has 6 nitrogen and oxygen atoms in total. The van der Waals surface area contributed by atoms with E-state index in [0.29, 0.717) is 4.47 Å². The highest BCUT2D eigenvalue weighted by Crippen LogP contribution is 2.22. The van der Waals surface area contributed by atoms with Crippen LogP contribution in [0.3, 0.4) is 0 Å². The summed E-state index contributed by atoms with van der Waals surface area (Å²) in [5.74, 6) is -0.516. The van der Waals surface area contributed by atoms with Crippen LogP contribution in [-0.2, 0) is 9.84 Å². The molecule has 0 saturated carbocycles. The number of sulfone groups is 1. The van der Waals surface area contributed by atoms with Crippen LogP contribution < -0.4 is 5.32 Å². The Kier molecular flexibility index (Phi) is 4.60. The van der Waals surface area contributed by atoms with E-state index in [1.165, 1.54) is 30.6 Å². The van der Waals surface area contributed by atoms with E-state index in [4.69, 9.17) is 11.6 Å². The fourth-order valence-corrected chi connectivity index (χ4v) is 2.74. The number of carbonyl (C=O) groups is 1. The maximum absolute atomic E-state index is 12.1. The summed E-state index contributed by atoms with van der Waals surface area (Å²) in [7, 11) is -3.55. The summed E-state index contributed by atoms with van der Waals surface area (Å²) in [6.07, 6.45) is 3.65. The minimum absolute atomic E-state index is 0.107. The highest BCUT2D eigenvalue weighted by Gasteiger charge is 2.17. The Morgan fingerprint density at radius 1 is 1.38 bits per heavy atom. The molecule has 0 aromatic carbocycles. The van der Waals surface area contributed by atoms with Gasteiger partial charge in [0.15, 0.2) is 14.9 Å². The predicted molar refractivity (Wildman–Crippen MR) is 82.2 cm³/mol. The van der Waals surface area contributed by atoms with E-state index >= 15 is 0 Å². The van der Waals surface area contributed by atoms with Crippen molar-refractivity contribution in [1.82, 2.24) is 9.97 Å². The Bertz CT molecular complexity index is 811. The van der Waals surface area contributed by atoms with Crippen LogP contribution in [0.5, 0.6) is 0 Å². The van der Waals surface area contributed by atoms with Gasteiger partial charge in [-0.1, -0.05) is 11.6 Å². The lowest BCUT2D eigenvalue weighted by molar-refractivity contribution is 0.102. The predicted octanol–water partition coefficient (Wildman–Crippen LogP) is 2.55. The molecule has 0 radical (unpaired) electrons. The first kappa shape index (κ1) is 15.9. The van der Waals surface area contributed by atoms with Gasteiger partial charge in [0.1, 0.15) is 5.15 Å². The molecule has 0 spiro atoms. The third kappa shape index (κ3) is 3.78. The molecule has 9 heteroatoms. The van der Waals surface area contributed by atoms with Crippen molar-refractivity contribution in [2.75, 3.05) is 11.6 Å². The van der Waals surface area contributed by atoms with Crippen molar-refractivity contribution in [3.63, 3.8) is 0 Å². The molecule has 21 heavy (non-hydrogen) atoms. The topological polar surface area (TPSA) is 89.0 Å². The number of rotatable bonds is 3. The van der Waals surface area contributed by atoms with Gasteiger partial charge in [-0.2, -0.15) is 0 Å². The van der Waals surface area contributed by atoms with Crippen LogP contribution >= 0.6 is 27.5 Å². The van der Waals surface area contributed by atoms with E-state index < -0.39 is 15.7 Å². The van der Waals surface area contributed by atoms with Gasteiger partial charge in [0.05, 0.1) is 15.7 Å². The Hall–Kier alpha value is -1.51. The average Bonchev–Trinajstić information content (AvgIpc) is 2.41. The van der Waals surface area contributed by atoms with Crippen LogP contribution in [-0.4, -0.2) is 30.5 Å². The smallest absolute Gasteiger partial charge is 0.257 e. The summed E-state index contributed by atoms with van der Waals surface area (Å²) in [6, 6.07) is 4.47. The number of aromatic nitrogens is 2. The molecule has 2 aromatic rings. The van der Waals surface area contributed by atoms with E-state index in [1.807, 2.05) is 0 Å². The van der Waals surface area contributed by atoms with Gasteiger partial charge in [-0.15, -0.1) is 0 Å². The molecule has 110 valence electrons. The van der Waals surface area contributed by atoms with Crippen molar-refractivity contribution < 1.29 is 13.2 Å². The minimum atomic E-state index is -3.55. The van der Waals surface area contributed by atoms with Crippen LogP contribution in [0.2, 0.25) is 5.15 Å². The van der Waals surface area contributed by atoms with E-state index in [1.54, 1.807) is 0 Å². The Morgan fingerprint density at radius 2 is 2.10 bits per heavy atom. The molecule has 0 aliphatic rings. The number of amides is 1. The number of halogens is 2. The molecule has 0 saturated heterocycles. The fraction of sp³-hybridized carbons (Fsp3) is 0.0833. The zero-order valence-electron chi connectivity index (χ0n) is 10.7. The molecule has 1 amide bonds. The molecule has 1 N–H and O–H groups in total. The molecule has 2 heterocycles. The maximum Gasteiger partial charge on any atom is 0.257 e. The van der Waals surface area contributed by atoms with Crippen molar-refractivity contribution in [3.8, 4) is 0 Å². The Labute approximate surface area is 134 Å². The SMILES string of the molecule is CS(=O)(=O)c1ncccc1NC(=O)c1cnc(Cl)c(Br)c1. The summed E-state index contributed by atoms with van der Waals surface area (Å²) >= 11 is 8.91. The lowest BCUT2D eigenvalue weighted by Crippen LogP contribution is -2.15. The molecule has 0 atom stereocenters. The summed E-state index contributed by atoms with van der Waals surface area (Å²) in [5.41, 5.74) is 0.339. The average molecular weight is 391 g/mol. The quantitative estimate of drug-likeness (QED) is 0.814. The van der Waals surface area contributed by atoms with Crippen molar-refractivity contribution in [2.24, 2.45) is 0 Å². The largest absolute Gasteiger partial charge is 0.319 e. The van der Waals surface area contributed by atoms with Crippen LogP contribution in [0.15, 0.2) is 40.1 Å². The number of carbonyl (C=O) groups excluding carboxylic acids is 1. The molecule has 0 fully saturated rings. The number of pyridine rings is 2. The van der Waals surface area contributed by atoms with E-state index in [0.717, 1.165) is 6.26 Å². The summed E-state index contributed by atoms with van der Waals surface area (Å²) in [4.78, 5) is 19.7. The third-order valence-electron chi connectivity index (χ3n) is 2.43. The van der Waals surface area contributed by atoms with Gasteiger partial charge in [-0.25, -0.2) is 18.4 Å². The molecular formula is C12H9BrClN3O3S. The zero-order valence-corrected chi connectivity index (χ0v) is 13.8. The molecule has 2 rings (SSSR count). The first-order valence-corrected chi connectivity index (χ1v) is 8.63. The maximum atomic E-state index is 12.1. The Balaban J connectivity index is 2.34. The standard InChI is InChI=1S/C12H9BrClN3O3S/c1-21(19,20)12-9(3-2-4-15-12)17-11(18)7-5-8(13)10(14)16-6-7/h2-6H,1H3,(H,17,18). The monoisotopic (exact) mass is 389 g/mol. The number of nitrogens with zero attached hydrogens (tertiary/aromatic N) is 2. The fourth-order valence-electron chi connectivity index (χ4n) is 1.52. The van der Waals surface area contributed by atoms with Crippen molar-refractivity contribution >= 4 is 49.0 Å². The second-order valence-electron chi connectivity index (χ2n) is 4.08. The van der Waals surface area contributed by atoms with E-state index in [2.05, 4.69) is 31.2 Å². The lowest BCUT2D eigenvalue weighted by atomic mass is 10.2. The normalized spacial score (nSPS) is 11.2. The molecule has 2 aromatic heterocycles. The van der Waals surface area contributed by atoms with Gasteiger partial charge in [0.25, 0.3) is 5.91 Å². The lowest BCUT2D eigenvalue weighted by Gasteiger charge is -2.09. The van der Waals surface area contributed by atoms with Crippen LogP contribution in [0, 0.1) is 0 Å². The highest BCUT2D eigenvalue weighted by atomic mass is 79.9. The molecule has 0 unspecified atom stereocenters. The second-order valence-corrected chi connectivity index (χ2v) is 7.22. The number of anilines is 1. The van der Waals surface area contributed by atoms with E-state index in [9.17, 15) is 13.2 Å². The summed E-state index contributed by atoms with van der Waals surface area (Å²) in [6.45, 7) is 0. The van der Waals surface area contributed by atoms with Crippen LogP contribution in [0.4, 0.5) is 5.69 Å². The van der Waals surface area contributed by atoms with Crippen LogP contribution in [0.1, 0.15) is 10.4 Å². The molecule has 0 aliphatic heterocycles. The highest BCUT2D eigenvalue weighted by molar-refractivity contribution is 9.10. The zero-order chi connectivity index (χ0) is 15.6. The number of nitrogens with one attached hydrogen (secondary N) is 1. The van der Waals surface area contributed by atoms with Gasteiger partial charge >= 0.3 is 0 Å². The van der Waals surface area contributed by atoms with Crippen molar-refractivity contribution in [2.45, 2.75) is 5.03 Å². The van der Waals surface area contributed by atoms with Crippen molar-refractivity contribution in [3.05, 3.63) is 45.8 Å². The van der Waals surface area contributed by atoms with Gasteiger partial charge in [-0.05, 0) is 34.1 Å². The molecule has 0 aliphatic carbocycles. The minimum Gasteiger partial charge on any atom is -0.319 e. The Morgan fingerprint density at radius 3 is 2.71 bits per heavy atom. The van der Waals surface area contributed by atoms with Gasteiger partial charge < -0.3 is 5.32 Å². The molecular weight excluding hydrogens is 382 g/mol. The van der Waals surface area contributed by atoms with Gasteiger partial charge in [0, 0.05) is 18.6 Å². The first-order chi connectivity index (χ1) is 9.79.